The van der Waals surface area contributed by atoms with Crippen molar-refractivity contribution in [3.05, 3.63) is 58.9 Å². The van der Waals surface area contributed by atoms with Crippen LogP contribution in [0.3, 0.4) is 0 Å². The van der Waals surface area contributed by atoms with Gasteiger partial charge in [-0.2, -0.15) is 15.6 Å². The fourth-order valence-corrected chi connectivity index (χ4v) is 3.06. The van der Waals surface area contributed by atoms with Crippen molar-refractivity contribution in [1.29, 1.82) is 0 Å². The van der Waals surface area contributed by atoms with Gasteiger partial charge in [0, 0.05) is 30.0 Å². The van der Waals surface area contributed by atoms with Gasteiger partial charge < -0.3 is 21.5 Å². The van der Waals surface area contributed by atoms with Crippen LogP contribution in [0.15, 0.2) is 53.6 Å². The lowest BCUT2D eigenvalue weighted by Gasteiger charge is -2.17. The number of amides is 3. The van der Waals surface area contributed by atoms with E-state index in [1.807, 2.05) is 0 Å². The highest BCUT2D eigenvalue weighted by molar-refractivity contribution is 7.80. The molecule has 1 fully saturated rings. The molecule has 8 N–H and O–H groups in total. The third-order valence-corrected chi connectivity index (χ3v) is 4.53. The number of quaternary nitrogens is 2. The minimum absolute atomic E-state index is 0.0631. The maximum atomic E-state index is 13.1. The summed E-state index contributed by atoms with van der Waals surface area (Å²) in [5.41, 5.74) is 6.61. The fraction of sp³-hybridized carbons (Fsp3) is 0.0556. The molecule has 0 spiro atoms. The van der Waals surface area contributed by atoms with E-state index in [9.17, 15) is 30.0 Å². The van der Waals surface area contributed by atoms with Crippen LogP contribution in [-0.4, -0.2) is 39.0 Å². The predicted octanol–water partition coefficient (Wildman–Crippen LogP) is -2.19. The standard InChI is InChI=1S/C18H17N7O7S/c19-18(33)22-21-14-13(15(26)20-9-3-1-5-11(7-9)24(29)30)16(27)23(17(14)28)10-4-2-6-12(8-10)25(31)32/h1-8,13,24-25,29,31H,(H,20,26)(H3,19,22,33)/b21-14+. The summed E-state index contributed by atoms with van der Waals surface area (Å²) in [5, 5.41) is 43.9. The SMILES string of the molecule is NC(=S)N/N=C1/C(=O)N(c2cccc([NH+]([O-])O)c2)C(=O)C1C(=O)Nc1cccc([NH+]([O-])O)c1. The van der Waals surface area contributed by atoms with E-state index in [0.717, 1.165) is 6.07 Å². The summed E-state index contributed by atoms with van der Waals surface area (Å²) in [4.78, 5) is 39.6. The first-order valence-corrected chi connectivity index (χ1v) is 9.50. The van der Waals surface area contributed by atoms with Crippen molar-refractivity contribution in [3.8, 4) is 0 Å². The lowest BCUT2D eigenvalue weighted by molar-refractivity contribution is -0.991. The Labute approximate surface area is 190 Å². The summed E-state index contributed by atoms with van der Waals surface area (Å²) in [6.45, 7) is 0. The molecule has 1 aliphatic rings. The van der Waals surface area contributed by atoms with Crippen molar-refractivity contribution in [2.45, 2.75) is 0 Å². The monoisotopic (exact) mass is 475 g/mol. The Balaban J connectivity index is 1.98. The van der Waals surface area contributed by atoms with Crippen LogP contribution in [0.25, 0.3) is 0 Å². The molecule has 0 saturated carbocycles. The van der Waals surface area contributed by atoms with E-state index in [0.29, 0.717) is 4.90 Å². The minimum atomic E-state index is -1.75. The van der Waals surface area contributed by atoms with Crippen molar-refractivity contribution in [1.82, 2.24) is 5.43 Å². The molecule has 0 aliphatic carbocycles. The van der Waals surface area contributed by atoms with Crippen molar-refractivity contribution in [2.75, 3.05) is 10.2 Å². The highest BCUT2D eigenvalue weighted by Gasteiger charge is 2.50. The summed E-state index contributed by atoms with van der Waals surface area (Å²) in [7, 11) is 0. The molecule has 33 heavy (non-hydrogen) atoms. The molecule has 0 aromatic heterocycles. The van der Waals surface area contributed by atoms with Crippen LogP contribution in [-0.2, 0) is 14.4 Å². The van der Waals surface area contributed by atoms with Crippen molar-refractivity contribution < 1.29 is 35.3 Å². The number of thiocarbonyl (C=S) groups is 1. The Bertz CT molecular complexity index is 1150. The zero-order valence-corrected chi connectivity index (χ0v) is 17.3. The van der Waals surface area contributed by atoms with Gasteiger partial charge in [-0.1, -0.05) is 12.1 Å². The molecular weight excluding hydrogens is 458 g/mol. The molecule has 2 aromatic carbocycles. The zero-order chi connectivity index (χ0) is 24.3. The number of rotatable bonds is 6. The third-order valence-electron chi connectivity index (χ3n) is 4.44. The van der Waals surface area contributed by atoms with E-state index in [1.165, 1.54) is 42.5 Å². The van der Waals surface area contributed by atoms with Crippen molar-refractivity contribution >= 4 is 63.5 Å². The number of carbonyl (C=O) groups is 3. The van der Waals surface area contributed by atoms with Crippen LogP contribution < -0.4 is 31.8 Å². The van der Waals surface area contributed by atoms with E-state index >= 15 is 0 Å². The average molecular weight is 475 g/mol. The molecule has 3 unspecified atom stereocenters. The molecule has 0 bridgehead atoms. The van der Waals surface area contributed by atoms with Gasteiger partial charge in [0.05, 0.1) is 5.69 Å². The Morgan fingerprint density at radius 3 is 2.30 bits per heavy atom. The van der Waals surface area contributed by atoms with Gasteiger partial charge in [-0.05, 0) is 24.4 Å². The van der Waals surface area contributed by atoms with Gasteiger partial charge in [0.15, 0.2) is 22.4 Å². The van der Waals surface area contributed by atoms with Crippen LogP contribution in [0.2, 0.25) is 0 Å². The van der Waals surface area contributed by atoms with Gasteiger partial charge in [-0.3, -0.25) is 19.8 Å². The normalized spacial score (nSPS) is 18.8. The maximum Gasteiger partial charge on any atom is 0.282 e. The van der Waals surface area contributed by atoms with Gasteiger partial charge in [-0.25, -0.2) is 15.3 Å². The van der Waals surface area contributed by atoms with Gasteiger partial charge in [-0.15, -0.1) is 0 Å². The second kappa shape index (κ2) is 9.76. The number of hydrazone groups is 1. The molecule has 0 radical (unpaired) electrons. The topological polar surface area (TPSA) is 212 Å². The van der Waals surface area contributed by atoms with Gasteiger partial charge in [0.25, 0.3) is 11.8 Å². The number of hydrogen-bond acceptors (Lipinski definition) is 9. The first kappa shape index (κ1) is 23.8. The van der Waals surface area contributed by atoms with E-state index in [2.05, 4.69) is 28.1 Å². The Morgan fingerprint density at radius 1 is 1.09 bits per heavy atom. The van der Waals surface area contributed by atoms with Gasteiger partial charge >= 0.3 is 0 Å². The summed E-state index contributed by atoms with van der Waals surface area (Å²) in [6.07, 6.45) is 0. The summed E-state index contributed by atoms with van der Waals surface area (Å²) < 4.78 is 0. The number of nitrogens with zero attached hydrogens (tertiary/aromatic N) is 2. The van der Waals surface area contributed by atoms with E-state index in [1.54, 1.807) is 0 Å². The molecule has 1 saturated heterocycles. The highest BCUT2D eigenvalue weighted by Crippen LogP contribution is 2.27. The van der Waals surface area contributed by atoms with Crippen molar-refractivity contribution in [2.24, 2.45) is 16.8 Å². The van der Waals surface area contributed by atoms with Crippen LogP contribution >= 0.6 is 12.2 Å². The lowest BCUT2D eigenvalue weighted by Crippen LogP contribution is -2.99. The molecule has 1 aliphatic heterocycles. The molecule has 1 heterocycles. The Hall–Kier alpha value is -3.83. The number of nitrogens with two attached hydrogens (primary N) is 1. The van der Waals surface area contributed by atoms with Crippen LogP contribution in [0.1, 0.15) is 0 Å². The van der Waals surface area contributed by atoms with E-state index < -0.39 is 39.8 Å². The second-order valence-electron chi connectivity index (χ2n) is 6.62. The minimum Gasteiger partial charge on any atom is -0.595 e. The smallest absolute Gasteiger partial charge is 0.282 e. The maximum absolute atomic E-state index is 13.1. The second-order valence-corrected chi connectivity index (χ2v) is 7.06. The number of carbonyl (C=O) groups excluding carboxylic acids is 3. The van der Waals surface area contributed by atoms with E-state index in [-0.39, 0.29) is 27.9 Å². The summed E-state index contributed by atoms with van der Waals surface area (Å²) >= 11 is 4.64. The number of anilines is 2. The van der Waals surface area contributed by atoms with Gasteiger partial charge in [0.2, 0.25) is 5.91 Å². The molecule has 172 valence electrons. The quantitative estimate of drug-likeness (QED) is 0.104. The number of hydrogen-bond donors (Lipinski definition) is 7. The molecule has 3 rings (SSSR count). The zero-order valence-electron chi connectivity index (χ0n) is 16.5. The highest BCUT2D eigenvalue weighted by atomic mass is 32.1. The van der Waals surface area contributed by atoms with Crippen LogP contribution in [0.4, 0.5) is 22.7 Å². The number of nitrogens with one attached hydrogen (secondary N) is 4. The fourth-order valence-electron chi connectivity index (χ4n) is 3.02. The Morgan fingerprint density at radius 2 is 1.70 bits per heavy atom. The number of benzene rings is 2. The molecule has 15 heteroatoms. The van der Waals surface area contributed by atoms with E-state index in [4.69, 9.17) is 10.9 Å². The predicted molar refractivity (Wildman–Crippen MR) is 116 cm³/mol. The molecule has 14 nitrogen and oxygen atoms in total. The first-order valence-electron chi connectivity index (χ1n) is 9.09. The molecule has 3 atom stereocenters. The van der Waals surface area contributed by atoms with Gasteiger partial charge in [0.1, 0.15) is 5.71 Å². The average Bonchev–Trinajstić information content (AvgIpc) is 3.01. The lowest BCUT2D eigenvalue weighted by atomic mass is 10.0. The summed E-state index contributed by atoms with van der Waals surface area (Å²) in [6, 6.07) is 10.2. The largest absolute Gasteiger partial charge is 0.595 e. The first-order chi connectivity index (χ1) is 15.6. The Kier molecular flexibility index (Phi) is 7.04. The van der Waals surface area contributed by atoms with Crippen LogP contribution in [0, 0.1) is 16.3 Å². The summed E-state index contributed by atoms with van der Waals surface area (Å²) in [5.74, 6) is -4.72. The molecule has 3 amide bonds. The molecule has 2 aromatic rings. The van der Waals surface area contributed by atoms with Crippen molar-refractivity contribution in [3.63, 3.8) is 0 Å². The third kappa shape index (κ3) is 5.16. The number of imide groups is 1. The van der Waals surface area contributed by atoms with Crippen LogP contribution in [0.5, 0.6) is 0 Å². The molecular formula is C18H17N7O7S.